The van der Waals surface area contributed by atoms with Crippen LogP contribution in [0.5, 0.6) is 0 Å². The van der Waals surface area contributed by atoms with Gasteiger partial charge in [-0.2, -0.15) is 0 Å². The van der Waals surface area contributed by atoms with Crippen LogP contribution in [0, 0.1) is 5.92 Å². The lowest BCUT2D eigenvalue weighted by Gasteiger charge is -2.25. The van der Waals surface area contributed by atoms with E-state index in [2.05, 4.69) is 17.9 Å². The van der Waals surface area contributed by atoms with Crippen LogP contribution >= 0.6 is 22.9 Å². The average Bonchev–Trinajstić information content (AvgIpc) is 2.78. The second-order valence-corrected chi connectivity index (χ2v) is 6.03. The lowest BCUT2D eigenvalue weighted by atomic mass is 10.2. The Kier molecular flexibility index (Phi) is 3.67. The summed E-state index contributed by atoms with van der Waals surface area (Å²) >= 11 is 7.61. The number of hydrogen-bond acceptors (Lipinski definition) is 3. The second-order valence-electron chi connectivity index (χ2n) is 4.28. The molecule has 2 unspecified atom stereocenters. The van der Waals surface area contributed by atoms with Crippen molar-refractivity contribution >= 4 is 22.9 Å². The Morgan fingerprint density at radius 1 is 1.67 bits per heavy atom. The van der Waals surface area contributed by atoms with E-state index in [1.807, 2.05) is 6.07 Å². The van der Waals surface area contributed by atoms with Crippen molar-refractivity contribution in [3.8, 4) is 0 Å². The van der Waals surface area contributed by atoms with Crippen LogP contribution in [-0.2, 0) is 0 Å². The summed E-state index contributed by atoms with van der Waals surface area (Å²) in [6.07, 6.45) is 1.29. The van der Waals surface area contributed by atoms with Gasteiger partial charge in [0.25, 0.3) is 0 Å². The van der Waals surface area contributed by atoms with Gasteiger partial charge in [-0.25, -0.2) is 0 Å². The Bertz CT molecular complexity index is 326. The molecule has 15 heavy (non-hydrogen) atoms. The van der Waals surface area contributed by atoms with Gasteiger partial charge in [0.15, 0.2) is 0 Å². The zero-order valence-electron chi connectivity index (χ0n) is 8.95. The van der Waals surface area contributed by atoms with E-state index in [4.69, 9.17) is 17.3 Å². The summed E-state index contributed by atoms with van der Waals surface area (Å²) in [5.74, 6) is 0.800. The topological polar surface area (TPSA) is 29.3 Å². The summed E-state index contributed by atoms with van der Waals surface area (Å²) in [6.45, 7) is 5.31. The second kappa shape index (κ2) is 4.83. The Balaban J connectivity index is 2.10. The molecular weight excluding hydrogens is 228 g/mol. The van der Waals surface area contributed by atoms with Crippen molar-refractivity contribution in [3.05, 3.63) is 21.3 Å². The van der Waals surface area contributed by atoms with E-state index in [-0.39, 0.29) is 0 Å². The zero-order chi connectivity index (χ0) is 10.8. The number of thiophene rings is 1. The summed E-state index contributed by atoms with van der Waals surface area (Å²) in [7, 11) is 0. The number of halogens is 1. The summed E-state index contributed by atoms with van der Waals surface area (Å²) in [5.41, 5.74) is 5.86. The van der Waals surface area contributed by atoms with Crippen LogP contribution in [0.15, 0.2) is 12.1 Å². The quantitative estimate of drug-likeness (QED) is 0.886. The molecule has 84 valence electrons. The first kappa shape index (κ1) is 11.4. The number of hydrogen-bond donors (Lipinski definition) is 1. The highest BCUT2D eigenvalue weighted by Crippen LogP contribution is 2.32. The molecule has 1 saturated heterocycles. The molecule has 2 atom stereocenters. The van der Waals surface area contributed by atoms with Gasteiger partial charge in [-0.3, -0.25) is 4.90 Å². The largest absolute Gasteiger partial charge is 0.329 e. The molecule has 1 aromatic heterocycles. The molecule has 0 aliphatic carbocycles. The van der Waals surface area contributed by atoms with E-state index >= 15 is 0 Å². The third-order valence-electron chi connectivity index (χ3n) is 3.04. The van der Waals surface area contributed by atoms with Gasteiger partial charge in [-0.15, -0.1) is 11.3 Å². The maximum atomic E-state index is 5.96. The van der Waals surface area contributed by atoms with Crippen LogP contribution < -0.4 is 5.73 Å². The lowest BCUT2D eigenvalue weighted by molar-refractivity contribution is 0.247. The highest BCUT2D eigenvalue weighted by molar-refractivity contribution is 7.16. The van der Waals surface area contributed by atoms with Gasteiger partial charge in [0.1, 0.15) is 0 Å². The maximum absolute atomic E-state index is 5.96. The van der Waals surface area contributed by atoms with Crippen LogP contribution in [0.3, 0.4) is 0 Å². The van der Waals surface area contributed by atoms with Crippen molar-refractivity contribution in [2.75, 3.05) is 19.6 Å². The van der Waals surface area contributed by atoms with E-state index in [1.54, 1.807) is 11.3 Å². The minimum absolute atomic E-state index is 0.368. The normalized spacial score (nSPS) is 24.6. The Morgan fingerprint density at radius 2 is 2.47 bits per heavy atom. The van der Waals surface area contributed by atoms with E-state index in [1.165, 1.54) is 17.8 Å². The van der Waals surface area contributed by atoms with Crippen LogP contribution in [0.25, 0.3) is 0 Å². The predicted octanol–water partition coefficient (Wildman–Crippen LogP) is 2.74. The van der Waals surface area contributed by atoms with Gasteiger partial charge >= 0.3 is 0 Å². The number of nitrogens with two attached hydrogens (primary N) is 1. The van der Waals surface area contributed by atoms with Gasteiger partial charge in [-0.05, 0) is 31.0 Å². The van der Waals surface area contributed by atoms with E-state index in [9.17, 15) is 0 Å². The van der Waals surface area contributed by atoms with E-state index in [0.29, 0.717) is 12.6 Å². The zero-order valence-corrected chi connectivity index (χ0v) is 10.5. The van der Waals surface area contributed by atoms with Crippen molar-refractivity contribution < 1.29 is 0 Å². The molecule has 2 heterocycles. The summed E-state index contributed by atoms with van der Waals surface area (Å²) < 4.78 is 0.857. The Labute approximate surface area is 100 Å². The van der Waals surface area contributed by atoms with Crippen LogP contribution in [-0.4, -0.2) is 24.5 Å². The van der Waals surface area contributed by atoms with Crippen molar-refractivity contribution in [1.82, 2.24) is 4.90 Å². The number of likely N-dealkylation sites (tertiary alicyclic amines) is 1. The standard InChI is InChI=1S/C11H17ClN2S/c1-8-4-5-14(7-8)9(6-13)10-2-3-11(12)15-10/h2-3,8-9H,4-7,13H2,1H3. The molecule has 4 heteroatoms. The first-order chi connectivity index (χ1) is 7.20. The van der Waals surface area contributed by atoms with Gasteiger partial charge in [0.2, 0.25) is 0 Å². The summed E-state index contributed by atoms with van der Waals surface area (Å²) in [5, 5.41) is 0. The van der Waals surface area contributed by atoms with E-state index < -0.39 is 0 Å². The van der Waals surface area contributed by atoms with Crippen molar-refractivity contribution in [1.29, 1.82) is 0 Å². The molecule has 0 radical (unpaired) electrons. The first-order valence-electron chi connectivity index (χ1n) is 5.40. The predicted molar refractivity (Wildman–Crippen MR) is 66.5 cm³/mol. The fourth-order valence-corrected chi connectivity index (χ4v) is 3.41. The molecule has 1 aliphatic rings. The molecule has 1 aliphatic heterocycles. The molecule has 0 saturated carbocycles. The first-order valence-corrected chi connectivity index (χ1v) is 6.59. The highest BCUT2D eigenvalue weighted by atomic mass is 35.5. The molecule has 0 spiro atoms. The molecule has 0 aromatic carbocycles. The van der Waals surface area contributed by atoms with Crippen LogP contribution in [0.1, 0.15) is 24.3 Å². The average molecular weight is 245 g/mol. The molecular formula is C11H17ClN2S. The van der Waals surface area contributed by atoms with Crippen molar-refractivity contribution in [3.63, 3.8) is 0 Å². The lowest BCUT2D eigenvalue weighted by Crippen LogP contribution is -2.31. The SMILES string of the molecule is CC1CCN(C(CN)c2ccc(Cl)s2)C1. The Hall–Kier alpha value is -0.0900. The third-order valence-corrected chi connectivity index (χ3v) is 4.37. The number of rotatable bonds is 3. The minimum atomic E-state index is 0.368. The summed E-state index contributed by atoms with van der Waals surface area (Å²) in [4.78, 5) is 3.78. The molecule has 1 aromatic rings. The van der Waals surface area contributed by atoms with Crippen LogP contribution in [0.4, 0.5) is 0 Å². The smallest absolute Gasteiger partial charge is 0.0931 e. The van der Waals surface area contributed by atoms with Gasteiger partial charge in [0.05, 0.1) is 10.4 Å². The number of nitrogens with zero attached hydrogens (tertiary/aromatic N) is 1. The maximum Gasteiger partial charge on any atom is 0.0931 e. The Morgan fingerprint density at radius 3 is 2.93 bits per heavy atom. The molecule has 0 amide bonds. The molecule has 0 bridgehead atoms. The monoisotopic (exact) mass is 244 g/mol. The fourth-order valence-electron chi connectivity index (χ4n) is 2.20. The molecule has 2 rings (SSSR count). The fraction of sp³-hybridized carbons (Fsp3) is 0.636. The minimum Gasteiger partial charge on any atom is -0.329 e. The summed E-state index contributed by atoms with van der Waals surface area (Å²) in [6, 6.07) is 4.43. The van der Waals surface area contributed by atoms with Crippen molar-refractivity contribution in [2.45, 2.75) is 19.4 Å². The molecule has 2 N–H and O–H groups in total. The highest BCUT2D eigenvalue weighted by Gasteiger charge is 2.26. The molecule has 1 fully saturated rings. The van der Waals surface area contributed by atoms with E-state index in [0.717, 1.165) is 16.8 Å². The van der Waals surface area contributed by atoms with Gasteiger partial charge in [-0.1, -0.05) is 18.5 Å². The van der Waals surface area contributed by atoms with Gasteiger partial charge < -0.3 is 5.73 Å². The molecule has 2 nitrogen and oxygen atoms in total. The van der Waals surface area contributed by atoms with Crippen molar-refractivity contribution in [2.24, 2.45) is 11.7 Å². The van der Waals surface area contributed by atoms with Gasteiger partial charge in [0, 0.05) is 18.0 Å². The van der Waals surface area contributed by atoms with Crippen LogP contribution in [0.2, 0.25) is 4.34 Å². The third kappa shape index (κ3) is 2.53.